The summed E-state index contributed by atoms with van der Waals surface area (Å²) in [6.45, 7) is 2.56. The standard InChI is InChI=1S/C12H18N2OS/c1-9(15)7-8-14(2)11-6-4-3-5-10(11)12(13)16/h3-6,9,15H,7-8H2,1-2H3,(H2,13,16). The average Bonchev–Trinajstić information content (AvgIpc) is 2.25. The number of nitrogens with two attached hydrogens (primary N) is 1. The van der Waals surface area contributed by atoms with Crippen molar-refractivity contribution < 1.29 is 5.11 Å². The fourth-order valence-corrected chi connectivity index (χ4v) is 1.69. The first-order chi connectivity index (χ1) is 7.52. The lowest BCUT2D eigenvalue weighted by atomic mass is 10.1. The maximum atomic E-state index is 9.25. The average molecular weight is 238 g/mol. The normalized spacial score (nSPS) is 12.2. The number of para-hydroxylation sites is 1. The lowest BCUT2D eigenvalue weighted by Gasteiger charge is -2.22. The molecule has 0 saturated carbocycles. The third kappa shape index (κ3) is 3.47. The van der Waals surface area contributed by atoms with E-state index in [4.69, 9.17) is 18.0 Å². The number of hydrogen-bond donors (Lipinski definition) is 2. The molecule has 0 aliphatic carbocycles. The second-order valence-corrected chi connectivity index (χ2v) is 4.38. The molecule has 0 aliphatic rings. The summed E-state index contributed by atoms with van der Waals surface area (Å²) in [4.78, 5) is 2.46. The van der Waals surface area contributed by atoms with Gasteiger partial charge in [0.05, 0.1) is 6.10 Å². The zero-order valence-electron chi connectivity index (χ0n) is 9.68. The van der Waals surface area contributed by atoms with Crippen molar-refractivity contribution >= 4 is 22.9 Å². The van der Waals surface area contributed by atoms with E-state index >= 15 is 0 Å². The minimum Gasteiger partial charge on any atom is -0.393 e. The highest BCUT2D eigenvalue weighted by molar-refractivity contribution is 7.80. The van der Waals surface area contributed by atoms with Crippen molar-refractivity contribution in [2.24, 2.45) is 5.73 Å². The Hall–Kier alpha value is -1.13. The smallest absolute Gasteiger partial charge is 0.106 e. The predicted octanol–water partition coefficient (Wildman–Crippen LogP) is 1.53. The van der Waals surface area contributed by atoms with Crippen LogP contribution in [-0.4, -0.2) is 29.8 Å². The van der Waals surface area contributed by atoms with E-state index in [0.29, 0.717) is 4.99 Å². The first kappa shape index (κ1) is 12.9. The Morgan fingerprint density at radius 2 is 2.12 bits per heavy atom. The maximum Gasteiger partial charge on any atom is 0.106 e. The molecule has 0 fully saturated rings. The van der Waals surface area contributed by atoms with Crippen LogP contribution in [0.2, 0.25) is 0 Å². The highest BCUT2D eigenvalue weighted by Gasteiger charge is 2.09. The molecule has 0 heterocycles. The Labute approximate surface area is 102 Å². The van der Waals surface area contributed by atoms with Crippen LogP contribution < -0.4 is 10.6 Å². The summed E-state index contributed by atoms with van der Waals surface area (Å²) in [6.07, 6.45) is 0.432. The van der Waals surface area contributed by atoms with E-state index in [1.807, 2.05) is 31.3 Å². The van der Waals surface area contributed by atoms with E-state index in [1.54, 1.807) is 6.92 Å². The fourth-order valence-electron chi connectivity index (χ4n) is 1.52. The van der Waals surface area contributed by atoms with E-state index in [1.165, 1.54) is 0 Å². The Kier molecular flexibility index (Phi) is 4.71. The van der Waals surface area contributed by atoms with Gasteiger partial charge in [-0.2, -0.15) is 0 Å². The molecule has 3 nitrogen and oxygen atoms in total. The van der Waals surface area contributed by atoms with Gasteiger partial charge in [0.15, 0.2) is 0 Å². The van der Waals surface area contributed by atoms with Gasteiger partial charge in [0.2, 0.25) is 0 Å². The van der Waals surface area contributed by atoms with Gasteiger partial charge in [-0.25, -0.2) is 0 Å². The molecule has 1 unspecified atom stereocenters. The molecule has 88 valence electrons. The third-order valence-electron chi connectivity index (χ3n) is 2.46. The van der Waals surface area contributed by atoms with Gasteiger partial charge in [0, 0.05) is 24.8 Å². The molecule has 0 aliphatic heterocycles. The number of aliphatic hydroxyl groups excluding tert-OH is 1. The lowest BCUT2D eigenvalue weighted by molar-refractivity contribution is 0.187. The summed E-state index contributed by atoms with van der Waals surface area (Å²) >= 11 is 5.01. The third-order valence-corrected chi connectivity index (χ3v) is 2.68. The summed E-state index contributed by atoms with van der Waals surface area (Å²) in [5, 5.41) is 9.25. The van der Waals surface area contributed by atoms with E-state index in [0.717, 1.165) is 24.2 Å². The molecule has 0 spiro atoms. The molecule has 16 heavy (non-hydrogen) atoms. The van der Waals surface area contributed by atoms with Crippen molar-refractivity contribution in [3.8, 4) is 0 Å². The molecular weight excluding hydrogens is 220 g/mol. The summed E-state index contributed by atoms with van der Waals surface area (Å²) in [7, 11) is 1.97. The van der Waals surface area contributed by atoms with Crippen LogP contribution in [0.4, 0.5) is 5.69 Å². The van der Waals surface area contributed by atoms with Crippen LogP contribution in [0.15, 0.2) is 24.3 Å². The van der Waals surface area contributed by atoms with Crippen LogP contribution in [0.1, 0.15) is 18.9 Å². The van der Waals surface area contributed by atoms with Gasteiger partial charge in [-0.1, -0.05) is 24.4 Å². The number of hydrogen-bond acceptors (Lipinski definition) is 3. The largest absolute Gasteiger partial charge is 0.393 e. The quantitative estimate of drug-likeness (QED) is 0.764. The second-order valence-electron chi connectivity index (χ2n) is 3.94. The Bertz CT molecular complexity index is 366. The summed E-state index contributed by atoms with van der Waals surface area (Å²) in [5.74, 6) is 0. The number of thiocarbonyl (C=S) groups is 1. The minimum atomic E-state index is -0.292. The molecule has 0 aromatic heterocycles. The van der Waals surface area contributed by atoms with Crippen LogP contribution in [0, 0.1) is 0 Å². The van der Waals surface area contributed by atoms with Crippen molar-refractivity contribution in [2.45, 2.75) is 19.4 Å². The zero-order chi connectivity index (χ0) is 12.1. The SMILES string of the molecule is CC(O)CCN(C)c1ccccc1C(N)=S. The first-order valence-electron chi connectivity index (χ1n) is 5.30. The predicted molar refractivity (Wildman–Crippen MR) is 71.9 cm³/mol. The molecule has 0 radical (unpaired) electrons. The molecule has 0 bridgehead atoms. The van der Waals surface area contributed by atoms with Crippen LogP contribution in [0.3, 0.4) is 0 Å². The molecule has 1 aromatic carbocycles. The Morgan fingerprint density at radius 1 is 1.50 bits per heavy atom. The van der Waals surface area contributed by atoms with Crippen LogP contribution in [0.25, 0.3) is 0 Å². The van der Waals surface area contributed by atoms with Crippen molar-refractivity contribution in [3.63, 3.8) is 0 Å². The summed E-state index contributed by atoms with van der Waals surface area (Å²) < 4.78 is 0. The highest BCUT2D eigenvalue weighted by atomic mass is 32.1. The van der Waals surface area contributed by atoms with Crippen LogP contribution in [0.5, 0.6) is 0 Å². The van der Waals surface area contributed by atoms with Crippen molar-refractivity contribution in [2.75, 3.05) is 18.5 Å². The molecule has 1 aromatic rings. The van der Waals surface area contributed by atoms with Crippen molar-refractivity contribution in [3.05, 3.63) is 29.8 Å². The molecule has 0 saturated heterocycles. The molecule has 0 amide bonds. The van der Waals surface area contributed by atoms with Gasteiger partial charge >= 0.3 is 0 Å². The van der Waals surface area contributed by atoms with Gasteiger partial charge < -0.3 is 15.7 Å². The number of benzene rings is 1. The van der Waals surface area contributed by atoms with Gasteiger partial charge in [-0.15, -0.1) is 0 Å². The monoisotopic (exact) mass is 238 g/mol. The summed E-state index contributed by atoms with van der Waals surface area (Å²) in [5.41, 5.74) is 7.55. The first-order valence-corrected chi connectivity index (χ1v) is 5.71. The van der Waals surface area contributed by atoms with E-state index in [2.05, 4.69) is 4.90 Å². The van der Waals surface area contributed by atoms with E-state index < -0.39 is 0 Å². The Morgan fingerprint density at radius 3 is 2.69 bits per heavy atom. The molecule has 3 N–H and O–H groups in total. The lowest BCUT2D eigenvalue weighted by Crippen LogP contribution is -2.24. The van der Waals surface area contributed by atoms with Crippen molar-refractivity contribution in [1.82, 2.24) is 0 Å². The van der Waals surface area contributed by atoms with Crippen molar-refractivity contribution in [1.29, 1.82) is 0 Å². The van der Waals surface area contributed by atoms with E-state index in [-0.39, 0.29) is 6.10 Å². The van der Waals surface area contributed by atoms with Crippen LogP contribution in [-0.2, 0) is 0 Å². The second kappa shape index (κ2) is 5.82. The Balaban J connectivity index is 2.82. The molecule has 1 atom stereocenters. The van der Waals surface area contributed by atoms with Crippen LogP contribution >= 0.6 is 12.2 Å². The fraction of sp³-hybridized carbons (Fsp3) is 0.417. The summed E-state index contributed by atoms with van der Waals surface area (Å²) in [6, 6.07) is 7.77. The number of aliphatic hydroxyl groups is 1. The van der Waals surface area contributed by atoms with Gasteiger partial charge in [-0.05, 0) is 25.5 Å². The maximum absolute atomic E-state index is 9.25. The van der Waals surface area contributed by atoms with E-state index in [9.17, 15) is 5.11 Å². The minimum absolute atomic E-state index is 0.292. The van der Waals surface area contributed by atoms with Gasteiger partial charge in [0.1, 0.15) is 4.99 Å². The topological polar surface area (TPSA) is 49.5 Å². The molecule has 4 heteroatoms. The van der Waals surface area contributed by atoms with Gasteiger partial charge in [0.25, 0.3) is 0 Å². The highest BCUT2D eigenvalue weighted by Crippen LogP contribution is 2.19. The number of anilines is 1. The number of rotatable bonds is 5. The zero-order valence-corrected chi connectivity index (χ0v) is 10.5. The molecule has 1 rings (SSSR count). The molecular formula is C12H18N2OS. The number of nitrogens with zero attached hydrogens (tertiary/aromatic N) is 1. The van der Waals surface area contributed by atoms with Gasteiger partial charge in [-0.3, -0.25) is 0 Å².